The van der Waals surface area contributed by atoms with Gasteiger partial charge in [-0.3, -0.25) is 4.79 Å². The maximum Gasteiger partial charge on any atom is 0.352 e. The van der Waals surface area contributed by atoms with Crippen molar-refractivity contribution in [2.45, 2.75) is 25.5 Å². The molecule has 2 rings (SSSR count). The summed E-state index contributed by atoms with van der Waals surface area (Å²) in [6.07, 6.45) is -0.427. The van der Waals surface area contributed by atoms with E-state index < -0.39 is 18.0 Å². The first-order valence-corrected chi connectivity index (χ1v) is 6.54. The highest BCUT2D eigenvalue weighted by Crippen LogP contribution is 2.43. The van der Waals surface area contributed by atoms with Crippen molar-refractivity contribution < 1.29 is 24.5 Å². The van der Waals surface area contributed by atoms with E-state index in [2.05, 4.69) is 10.0 Å². The second-order valence-electron chi connectivity index (χ2n) is 5.01. The number of aliphatic hydroxyl groups excluding tert-OH is 1. The SMILES string of the molecule is CC(O)C1C(=O)N2C(C(=O)O)=C(COCCN=[N+]=[N-])CC12. The highest BCUT2D eigenvalue weighted by Gasteiger charge is 2.56. The number of hydrogen-bond donors (Lipinski definition) is 2. The van der Waals surface area contributed by atoms with Crippen molar-refractivity contribution >= 4 is 11.9 Å². The van der Waals surface area contributed by atoms with Crippen LogP contribution in [0.5, 0.6) is 0 Å². The second kappa shape index (κ2) is 6.13. The molecule has 0 aromatic carbocycles. The van der Waals surface area contributed by atoms with Crippen LogP contribution in [-0.4, -0.2) is 58.9 Å². The minimum absolute atomic E-state index is 0.0503. The molecule has 0 saturated carbocycles. The molecule has 114 valence electrons. The van der Waals surface area contributed by atoms with E-state index >= 15 is 0 Å². The molecular formula is C12H16N4O5. The molecule has 1 saturated heterocycles. The third kappa shape index (κ3) is 2.71. The van der Waals surface area contributed by atoms with Crippen LogP contribution in [-0.2, 0) is 14.3 Å². The first-order valence-electron chi connectivity index (χ1n) is 6.54. The average Bonchev–Trinajstić information content (AvgIpc) is 2.72. The topological polar surface area (TPSA) is 136 Å². The number of nitrogens with zero attached hydrogens (tertiary/aromatic N) is 4. The predicted molar refractivity (Wildman–Crippen MR) is 69.9 cm³/mol. The Labute approximate surface area is 120 Å². The van der Waals surface area contributed by atoms with Crippen LogP contribution in [0.1, 0.15) is 13.3 Å². The number of β-lactam (4-membered cyclic amide) rings is 1. The molecule has 1 amide bonds. The summed E-state index contributed by atoms with van der Waals surface area (Å²) >= 11 is 0. The summed E-state index contributed by atoms with van der Waals surface area (Å²) in [7, 11) is 0. The van der Waals surface area contributed by atoms with Gasteiger partial charge >= 0.3 is 5.97 Å². The molecule has 0 aromatic rings. The van der Waals surface area contributed by atoms with Gasteiger partial charge in [-0.2, -0.15) is 0 Å². The van der Waals surface area contributed by atoms with Crippen molar-refractivity contribution in [3.8, 4) is 0 Å². The number of carboxylic acid groups (broad SMARTS) is 1. The lowest BCUT2D eigenvalue weighted by atomic mass is 9.83. The van der Waals surface area contributed by atoms with Gasteiger partial charge in [0.15, 0.2) is 0 Å². The molecule has 9 nitrogen and oxygen atoms in total. The summed E-state index contributed by atoms with van der Waals surface area (Å²) in [4.78, 5) is 27.1. The van der Waals surface area contributed by atoms with Gasteiger partial charge in [0.25, 0.3) is 0 Å². The summed E-state index contributed by atoms with van der Waals surface area (Å²) < 4.78 is 5.27. The molecule has 2 aliphatic rings. The molecule has 3 unspecified atom stereocenters. The zero-order valence-corrected chi connectivity index (χ0v) is 11.5. The molecule has 3 atom stereocenters. The number of aliphatic hydroxyl groups is 1. The fourth-order valence-electron chi connectivity index (χ4n) is 2.84. The summed E-state index contributed by atoms with van der Waals surface area (Å²) in [5, 5.41) is 22.1. The Bertz CT molecular complexity index is 538. The van der Waals surface area contributed by atoms with Crippen molar-refractivity contribution in [3.63, 3.8) is 0 Å². The summed E-state index contributed by atoms with van der Waals surface area (Å²) in [5.41, 5.74) is 8.60. The van der Waals surface area contributed by atoms with E-state index in [0.29, 0.717) is 12.0 Å². The van der Waals surface area contributed by atoms with Crippen molar-refractivity contribution in [1.82, 2.24) is 4.90 Å². The Balaban J connectivity index is 2.04. The minimum Gasteiger partial charge on any atom is -0.477 e. The van der Waals surface area contributed by atoms with E-state index in [4.69, 9.17) is 10.3 Å². The number of carbonyl (C=O) groups excluding carboxylic acids is 1. The van der Waals surface area contributed by atoms with E-state index in [-0.39, 0.29) is 37.4 Å². The quantitative estimate of drug-likeness (QED) is 0.228. The second-order valence-corrected chi connectivity index (χ2v) is 5.01. The van der Waals surface area contributed by atoms with E-state index in [1.165, 1.54) is 11.8 Å². The van der Waals surface area contributed by atoms with Crippen LogP contribution < -0.4 is 0 Å². The lowest BCUT2D eigenvalue weighted by molar-refractivity contribution is -0.161. The maximum absolute atomic E-state index is 11.9. The van der Waals surface area contributed by atoms with Gasteiger partial charge < -0.3 is 19.8 Å². The zero-order valence-electron chi connectivity index (χ0n) is 11.5. The molecule has 2 heterocycles. The number of azide groups is 1. The van der Waals surface area contributed by atoms with Crippen molar-refractivity contribution in [1.29, 1.82) is 0 Å². The van der Waals surface area contributed by atoms with Gasteiger partial charge in [0.1, 0.15) is 5.70 Å². The van der Waals surface area contributed by atoms with E-state index in [0.717, 1.165) is 0 Å². The molecule has 1 fully saturated rings. The molecule has 2 aliphatic heterocycles. The van der Waals surface area contributed by atoms with Crippen molar-refractivity contribution in [2.75, 3.05) is 19.8 Å². The minimum atomic E-state index is -1.18. The van der Waals surface area contributed by atoms with Crippen LogP contribution in [0.25, 0.3) is 10.4 Å². The van der Waals surface area contributed by atoms with Gasteiger partial charge in [-0.1, -0.05) is 5.11 Å². The summed E-state index contributed by atoms with van der Waals surface area (Å²) in [5.74, 6) is -2.10. The third-order valence-electron chi connectivity index (χ3n) is 3.70. The molecule has 0 bridgehead atoms. The average molecular weight is 296 g/mol. The number of ether oxygens (including phenoxy) is 1. The Hall–Kier alpha value is -2.09. The number of hydrogen-bond acceptors (Lipinski definition) is 5. The molecule has 0 aromatic heterocycles. The van der Waals surface area contributed by atoms with Crippen molar-refractivity contribution in [2.24, 2.45) is 11.0 Å². The van der Waals surface area contributed by atoms with Crippen LogP contribution in [0.2, 0.25) is 0 Å². The fourth-order valence-corrected chi connectivity index (χ4v) is 2.84. The molecule has 0 aliphatic carbocycles. The highest BCUT2D eigenvalue weighted by atomic mass is 16.5. The molecular weight excluding hydrogens is 280 g/mol. The number of fused-ring (bicyclic) bond motifs is 1. The first-order chi connectivity index (χ1) is 9.99. The monoisotopic (exact) mass is 296 g/mol. The number of carbonyl (C=O) groups is 2. The standard InChI is InChI=1S/C12H16N4O5/c1-6(17)9-8-4-7(5-21-3-2-14-15-13)10(12(19)20)16(8)11(9)18/h6,8-9,17H,2-5H2,1H3,(H,19,20). The largest absolute Gasteiger partial charge is 0.477 e. The van der Waals surface area contributed by atoms with Crippen LogP contribution in [0.4, 0.5) is 0 Å². The van der Waals surface area contributed by atoms with Crippen molar-refractivity contribution in [3.05, 3.63) is 21.7 Å². The lowest BCUT2D eigenvalue weighted by Gasteiger charge is -2.44. The molecule has 9 heteroatoms. The van der Waals surface area contributed by atoms with Gasteiger partial charge in [-0.05, 0) is 24.4 Å². The Morgan fingerprint density at radius 3 is 2.95 bits per heavy atom. The van der Waals surface area contributed by atoms with Crippen LogP contribution in [0.15, 0.2) is 16.4 Å². The van der Waals surface area contributed by atoms with Gasteiger partial charge in [0.2, 0.25) is 5.91 Å². The highest BCUT2D eigenvalue weighted by molar-refractivity contribution is 5.99. The number of rotatable bonds is 7. The number of amides is 1. The third-order valence-corrected chi connectivity index (χ3v) is 3.70. The molecule has 0 radical (unpaired) electrons. The number of carboxylic acids is 1. The smallest absolute Gasteiger partial charge is 0.352 e. The molecule has 0 spiro atoms. The maximum atomic E-state index is 11.9. The van der Waals surface area contributed by atoms with Crippen LogP contribution in [0, 0.1) is 5.92 Å². The Kier molecular flexibility index (Phi) is 4.46. The van der Waals surface area contributed by atoms with E-state index in [9.17, 15) is 19.8 Å². The van der Waals surface area contributed by atoms with Gasteiger partial charge in [0.05, 0.1) is 31.3 Å². The lowest BCUT2D eigenvalue weighted by Crippen LogP contribution is -2.61. The normalized spacial score (nSPS) is 25.2. The van der Waals surface area contributed by atoms with Gasteiger partial charge in [-0.25, -0.2) is 4.79 Å². The fraction of sp³-hybridized carbons (Fsp3) is 0.667. The molecule has 2 N–H and O–H groups in total. The van der Waals surface area contributed by atoms with Gasteiger partial charge in [0, 0.05) is 11.5 Å². The van der Waals surface area contributed by atoms with Crippen LogP contribution >= 0.6 is 0 Å². The summed E-state index contributed by atoms with van der Waals surface area (Å²) in [6.45, 7) is 1.93. The predicted octanol–water partition coefficient (Wildman–Crippen LogP) is 0.263. The Morgan fingerprint density at radius 1 is 1.67 bits per heavy atom. The Morgan fingerprint density at radius 2 is 2.38 bits per heavy atom. The van der Waals surface area contributed by atoms with E-state index in [1.54, 1.807) is 0 Å². The van der Waals surface area contributed by atoms with E-state index in [1.807, 2.05) is 0 Å². The first kappa shape index (κ1) is 15.3. The van der Waals surface area contributed by atoms with Gasteiger partial charge in [-0.15, -0.1) is 0 Å². The molecule has 21 heavy (non-hydrogen) atoms. The summed E-state index contributed by atoms with van der Waals surface area (Å²) in [6, 6.07) is -0.306. The van der Waals surface area contributed by atoms with Crippen LogP contribution in [0.3, 0.4) is 0 Å². The number of aliphatic carboxylic acids is 1. The zero-order chi connectivity index (χ0) is 15.6.